The van der Waals surface area contributed by atoms with Gasteiger partial charge in [0.25, 0.3) is 0 Å². The van der Waals surface area contributed by atoms with Gasteiger partial charge in [0, 0.05) is 31.2 Å². The summed E-state index contributed by atoms with van der Waals surface area (Å²) < 4.78 is 5.29. The Bertz CT molecular complexity index is 905. The lowest BCUT2D eigenvalue weighted by molar-refractivity contribution is -0.126. The molecule has 0 unspecified atom stereocenters. The van der Waals surface area contributed by atoms with Gasteiger partial charge in [-0.05, 0) is 68.6 Å². The molecule has 1 atom stereocenters. The van der Waals surface area contributed by atoms with Gasteiger partial charge in [0.2, 0.25) is 5.91 Å². The second-order valence-corrected chi connectivity index (χ2v) is 8.83. The molecule has 0 aromatic heterocycles. The van der Waals surface area contributed by atoms with Gasteiger partial charge in [0.15, 0.2) is 0 Å². The van der Waals surface area contributed by atoms with Gasteiger partial charge in [0.1, 0.15) is 5.75 Å². The molecule has 2 aliphatic heterocycles. The average Bonchev–Trinajstić information content (AvgIpc) is 3.40. The van der Waals surface area contributed by atoms with E-state index in [0.717, 1.165) is 24.5 Å². The monoisotopic (exact) mass is 450 g/mol. The van der Waals surface area contributed by atoms with E-state index in [0.29, 0.717) is 32.5 Å². The van der Waals surface area contributed by atoms with E-state index in [-0.39, 0.29) is 23.9 Å². The Labute approximate surface area is 196 Å². The molecule has 2 N–H and O–H groups in total. The summed E-state index contributed by atoms with van der Waals surface area (Å²) in [4.78, 5) is 29.7. The highest BCUT2D eigenvalue weighted by Crippen LogP contribution is 2.27. The third-order valence-electron chi connectivity index (χ3n) is 6.73. The lowest BCUT2D eigenvalue weighted by Crippen LogP contribution is -2.45. The quantitative estimate of drug-likeness (QED) is 0.671. The summed E-state index contributed by atoms with van der Waals surface area (Å²) in [5.74, 6) is 0.878. The van der Waals surface area contributed by atoms with Crippen LogP contribution in [-0.4, -0.2) is 61.6 Å². The summed E-state index contributed by atoms with van der Waals surface area (Å²) in [5, 5.41) is 6.13. The highest BCUT2D eigenvalue weighted by Gasteiger charge is 2.29. The molecule has 2 aliphatic rings. The molecule has 176 valence electrons. The van der Waals surface area contributed by atoms with Crippen molar-refractivity contribution in [1.29, 1.82) is 0 Å². The third-order valence-corrected chi connectivity index (χ3v) is 6.73. The summed E-state index contributed by atoms with van der Waals surface area (Å²) in [6, 6.07) is 17.7. The number of hydrogen-bond donors (Lipinski definition) is 2. The minimum Gasteiger partial charge on any atom is -0.497 e. The molecule has 7 nitrogen and oxygen atoms in total. The fourth-order valence-corrected chi connectivity index (χ4v) is 4.75. The van der Waals surface area contributed by atoms with Crippen LogP contribution in [0.25, 0.3) is 0 Å². The molecule has 0 bridgehead atoms. The molecule has 2 heterocycles. The number of ether oxygens (including phenoxy) is 1. The van der Waals surface area contributed by atoms with Crippen LogP contribution in [0.4, 0.5) is 10.5 Å². The summed E-state index contributed by atoms with van der Waals surface area (Å²) in [5.41, 5.74) is 1.99. The number of methoxy groups -OCH3 is 1. The van der Waals surface area contributed by atoms with Crippen molar-refractivity contribution in [2.45, 2.75) is 31.7 Å². The van der Waals surface area contributed by atoms with Crippen molar-refractivity contribution >= 4 is 17.6 Å². The van der Waals surface area contributed by atoms with Crippen LogP contribution in [0.15, 0.2) is 54.6 Å². The van der Waals surface area contributed by atoms with Crippen LogP contribution in [0.3, 0.4) is 0 Å². The fourth-order valence-electron chi connectivity index (χ4n) is 4.75. The number of likely N-dealkylation sites (tertiary alicyclic amines) is 2. The Morgan fingerprint density at radius 1 is 0.970 bits per heavy atom. The molecule has 2 saturated heterocycles. The number of benzene rings is 2. The molecule has 0 radical (unpaired) electrons. The molecule has 0 aliphatic carbocycles. The first-order chi connectivity index (χ1) is 16.1. The maximum absolute atomic E-state index is 12.9. The molecule has 0 spiro atoms. The molecular weight excluding hydrogens is 416 g/mol. The maximum atomic E-state index is 12.9. The minimum absolute atomic E-state index is 0.0547. The summed E-state index contributed by atoms with van der Waals surface area (Å²) in [6.07, 6.45) is 3.77. The number of carbonyl (C=O) groups is 2. The number of para-hydroxylation sites is 1. The summed E-state index contributed by atoms with van der Waals surface area (Å²) in [7, 11) is 1.67. The van der Waals surface area contributed by atoms with E-state index in [4.69, 9.17) is 4.74 Å². The predicted octanol–water partition coefficient (Wildman–Crippen LogP) is 3.89. The molecule has 33 heavy (non-hydrogen) atoms. The van der Waals surface area contributed by atoms with Gasteiger partial charge in [-0.3, -0.25) is 9.69 Å². The van der Waals surface area contributed by atoms with E-state index < -0.39 is 0 Å². The van der Waals surface area contributed by atoms with Gasteiger partial charge < -0.3 is 20.3 Å². The maximum Gasteiger partial charge on any atom is 0.321 e. The van der Waals surface area contributed by atoms with Gasteiger partial charge in [-0.15, -0.1) is 0 Å². The number of amides is 3. The smallest absolute Gasteiger partial charge is 0.321 e. The molecule has 4 rings (SSSR count). The normalized spacial score (nSPS) is 18.0. The molecule has 0 saturated carbocycles. The van der Waals surface area contributed by atoms with Gasteiger partial charge in [-0.1, -0.05) is 30.3 Å². The lowest BCUT2D eigenvalue weighted by Gasteiger charge is -2.32. The number of nitrogens with zero attached hydrogens (tertiary/aromatic N) is 2. The molecule has 3 amide bonds. The van der Waals surface area contributed by atoms with E-state index >= 15 is 0 Å². The van der Waals surface area contributed by atoms with Gasteiger partial charge >= 0.3 is 6.03 Å². The van der Waals surface area contributed by atoms with Crippen LogP contribution in [-0.2, 0) is 4.79 Å². The zero-order valence-electron chi connectivity index (χ0n) is 19.3. The molecule has 2 aromatic rings. The van der Waals surface area contributed by atoms with Crippen molar-refractivity contribution in [2.75, 3.05) is 45.2 Å². The van der Waals surface area contributed by atoms with Crippen LogP contribution in [0.5, 0.6) is 5.75 Å². The number of carbonyl (C=O) groups excluding carboxylic acids is 2. The number of nitrogens with one attached hydrogen (secondary N) is 2. The Morgan fingerprint density at radius 2 is 1.64 bits per heavy atom. The van der Waals surface area contributed by atoms with E-state index in [1.807, 2.05) is 42.5 Å². The molecule has 2 fully saturated rings. The van der Waals surface area contributed by atoms with Crippen molar-refractivity contribution in [3.05, 3.63) is 60.2 Å². The van der Waals surface area contributed by atoms with E-state index in [2.05, 4.69) is 27.7 Å². The Kier molecular flexibility index (Phi) is 7.83. The van der Waals surface area contributed by atoms with E-state index in [1.165, 1.54) is 18.4 Å². The van der Waals surface area contributed by atoms with E-state index in [1.54, 1.807) is 12.0 Å². The van der Waals surface area contributed by atoms with Crippen molar-refractivity contribution in [2.24, 2.45) is 5.92 Å². The Balaban J connectivity index is 1.28. The Morgan fingerprint density at radius 3 is 2.27 bits per heavy atom. The first-order valence-electron chi connectivity index (χ1n) is 11.9. The van der Waals surface area contributed by atoms with Crippen molar-refractivity contribution in [3.63, 3.8) is 0 Å². The number of rotatable bonds is 7. The van der Waals surface area contributed by atoms with Crippen LogP contribution in [0.2, 0.25) is 0 Å². The predicted molar refractivity (Wildman–Crippen MR) is 129 cm³/mol. The second kappa shape index (κ2) is 11.2. The summed E-state index contributed by atoms with van der Waals surface area (Å²) >= 11 is 0. The average molecular weight is 451 g/mol. The number of piperidine rings is 1. The molecule has 2 aromatic carbocycles. The van der Waals surface area contributed by atoms with Gasteiger partial charge in [-0.2, -0.15) is 0 Å². The standard InChI is InChI=1S/C26H34N4O3/c1-33-23-11-9-20(10-12-23)24(29-15-5-6-16-29)19-27-25(31)21-13-17-30(18-14-21)26(32)28-22-7-3-2-4-8-22/h2-4,7-12,21,24H,5-6,13-19H2,1H3,(H,27,31)(H,28,32)/t24-/m0/s1. The van der Waals surface area contributed by atoms with Gasteiger partial charge in [0.05, 0.1) is 13.2 Å². The van der Waals surface area contributed by atoms with E-state index in [9.17, 15) is 9.59 Å². The van der Waals surface area contributed by atoms with Crippen molar-refractivity contribution < 1.29 is 14.3 Å². The van der Waals surface area contributed by atoms with Crippen LogP contribution in [0.1, 0.15) is 37.3 Å². The van der Waals surface area contributed by atoms with Crippen LogP contribution >= 0.6 is 0 Å². The fraction of sp³-hybridized carbons (Fsp3) is 0.462. The number of hydrogen-bond acceptors (Lipinski definition) is 4. The van der Waals surface area contributed by atoms with Crippen LogP contribution in [0, 0.1) is 5.92 Å². The third kappa shape index (κ3) is 6.05. The first-order valence-corrected chi connectivity index (χ1v) is 11.9. The number of urea groups is 1. The van der Waals surface area contributed by atoms with Crippen molar-refractivity contribution in [3.8, 4) is 5.75 Å². The second-order valence-electron chi connectivity index (χ2n) is 8.83. The van der Waals surface area contributed by atoms with Crippen molar-refractivity contribution in [1.82, 2.24) is 15.1 Å². The topological polar surface area (TPSA) is 73.9 Å². The SMILES string of the molecule is COc1ccc([C@H](CNC(=O)C2CCN(C(=O)Nc3ccccc3)CC2)N2CCCC2)cc1. The lowest BCUT2D eigenvalue weighted by atomic mass is 9.95. The number of anilines is 1. The molecular formula is C26H34N4O3. The minimum atomic E-state index is -0.103. The Hall–Kier alpha value is -3.06. The first kappa shape index (κ1) is 23.1. The largest absolute Gasteiger partial charge is 0.497 e. The van der Waals surface area contributed by atoms with Crippen LogP contribution < -0.4 is 15.4 Å². The summed E-state index contributed by atoms with van der Waals surface area (Å²) in [6.45, 7) is 3.89. The highest BCUT2D eigenvalue weighted by atomic mass is 16.5. The van der Waals surface area contributed by atoms with Gasteiger partial charge in [-0.25, -0.2) is 4.79 Å². The highest BCUT2D eigenvalue weighted by molar-refractivity contribution is 5.89. The zero-order chi connectivity index (χ0) is 23.0. The molecule has 7 heteroatoms. The zero-order valence-corrected chi connectivity index (χ0v) is 19.3.